The van der Waals surface area contributed by atoms with Gasteiger partial charge in [-0.05, 0) is 6.92 Å². The highest BCUT2D eigenvalue weighted by molar-refractivity contribution is 6.32. The summed E-state index contributed by atoms with van der Waals surface area (Å²) < 4.78 is 0. The van der Waals surface area contributed by atoms with Crippen LogP contribution in [0.4, 0.5) is 5.82 Å². The van der Waals surface area contributed by atoms with E-state index in [9.17, 15) is 4.79 Å². The molecule has 8 heteroatoms. The number of halogens is 1. The van der Waals surface area contributed by atoms with Crippen LogP contribution < -0.4 is 5.32 Å². The number of H-pyrrole nitrogens is 1. The smallest absolute Gasteiger partial charge is 0.156 e. The summed E-state index contributed by atoms with van der Waals surface area (Å²) in [5, 5.41) is 9.47. The van der Waals surface area contributed by atoms with Crippen LogP contribution in [-0.2, 0) is 6.54 Å². The van der Waals surface area contributed by atoms with E-state index >= 15 is 0 Å². The van der Waals surface area contributed by atoms with Gasteiger partial charge in [0.2, 0.25) is 0 Å². The first-order valence-electron chi connectivity index (χ1n) is 4.78. The van der Waals surface area contributed by atoms with Gasteiger partial charge in [-0.25, -0.2) is 15.0 Å². The van der Waals surface area contributed by atoms with E-state index < -0.39 is 0 Å². The van der Waals surface area contributed by atoms with Crippen LogP contribution in [0, 0.1) is 6.92 Å². The van der Waals surface area contributed by atoms with Crippen molar-refractivity contribution in [3.63, 3.8) is 0 Å². The fraction of sp³-hybridized carbons (Fsp3) is 0.222. The molecule has 2 aromatic rings. The molecular formula is C9H9ClN6O. The molecule has 0 saturated carbocycles. The molecule has 2 rings (SSSR count). The number of rotatable bonds is 4. The van der Waals surface area contributed by atoms with Crippen LogP contribution in [0.25, 0.3) is 0 Å². The molecule has 88 valence electrons. The first-order valence-corrected chi connectivity index (χ1v) is 5.16. The summed E-state index contributed by atoms with van der Waals surface area (Å²) in [5.74, 6) is 1.50. The topological polar surface area (TPSA) is 96.5 Å². The highest BCUT2D eigenvalue weighted by Crippen LogP contribution is 2.19. The lowest BCUT2D eigenvalue weighted by Crippen LogP contribution is -2.08. The Balaban J connectivity index is 2.22. The van der Waals surface area contributed by atoms with Crippen molar-refractivity contribution >= 4 is 23.7 Å². The van der Waals surface area contributed by atoms with Crippen molar-refractivity contribution in [2.45, 2.75) is 13.5 Å². The molecular weight excluding hydrogens is 244 g/mol. The fourth-order valence-corrected chi connectivity index (χ4v) is 1.53. The normalized spacial score (nSPS) is 10.2. The minimum Gasteiger partial charge on any atom is -0.362 e. The summed E-state index contributed by atoms with van der Waals surface area (Å²) in [5.41, 5.74) is 0.233. The average Bonchev–Trinajstić information content (AvgIpc) is 2.78. The maximum atomic E-state index is 10.9. The highest BCUT2D eigenvalue weighted by atomic mass is 35.5. The summed E-state index contributed by atoms with van der Waals surface area (Å²) in [6, 6.07) is 0. The van der Waals surface area contributed by atoms with Crippen LogP contribution in [0.5, 0.6) is 0 Å². The second-order valence-corrected chi connectivity index (χ2v) is 3.59. The fourth-order valence-electron chi connectivity index (χ4n) is 1.27. The molecule has 0 saturated heterocycles. The summed E-state index contributed by atoms with van der Waals surface area (Å²) in [6.07, 6.45) is 2.01. The Labute approximate surface area is 102 Å². The molecule has 0 atom stereocenters. The molecule has 0 fully saturated rings. The third-order valence-electron chi connectivity index (χ3n) is 2.02. The third kappa shape index (κ3) is 2.56. The lowest BCUT2D eigenvalue weighted by molar-refractivity contribution is 0.112. The van der Waals surface area contributed by atoms with E-state index in [2.05, 4.69) is 30.5 Å². The van der Waals surface area contributed by atoms with Gasteiger partial charge in [0.15, 0.2) is 6.29 Å². The van der Waals surface area contributed by atoms with Gasteiger partial charge >= 0.3 is 0 Å². The summed E-state index contributed by atoms with van der Waals surface area (Å²) in [7, 11) is 0. The number of hydrogen-bond donors (Lipinski definition) is 2. The molecule has 0 aliphatic carbocycles. The van der Waals surface area contributed by atoms with E-state index in [-0.39, 0.29) is 10.7 Å². The number of aldehydes is 1. The van der Waals surface area contributed by atoms with Crippen LogP contribution in [0.1, 0.15) is 22.0 Å². The van der Waals surface area contributed by atoms with Crippen molar-refractivity contribution in [2.75, 3.05) is 5.32 Å². The van der Waals surface area contributed by atoms with Crippen molar-refractivity contribution in [1.82, 2.24) is 25.1 Å². The van der Waals surface area contributed by atoms with Gasteiger partial charge in [-0.2, -0.15) is 5.10 Å². The number of aromatic nitrogens is 5. The van der Waals surface area contributed by atoms with Gasteiger partial charge in [0.05, 0.1) is 12.1 Å². The van der Waals surface area contributed by atoms with Crippen LogP contribution in [0.15, 0.2) is 6.33 Å². The van der Waals surface area contributed by atoms with Crippen LogP contribution in [0.3, 0.4) is 0 Å². The molecule has 0 aromatic carbocycles. The summed E-state index contributed by atoms with van der Waals surface area (Å²) in [6.45, 7) is 2.06. The maximum Gasteiger partial charge on any atom is 0.156 e. The molecule has 0 unspecified atom stereocenters. The predicted octanol–water partition coefficient (Wildman–Crippen LogP) is 0.981. The molecule has 0 radical (unpaired) electrons. The van der Waals surface area contributed by atoms with E-state index in [1.165, 1.54) is 6.33 Å². The summed E-state index contributed by atoms with van der Waals surface area (Å²) in [4.78, 5) is 22.8. The Morgan fingerprint density at radius 1 is 1.53 bits per heavy atom. The van der Waals surface area contributed by atoms with Crippen molar-refractivity contribution in [2.24, 2.45) is 0 Å². The largest absolute Gasteiger partial charge is 0.362 e. The standard InChI is InChI=1S/C9H9ClN6O/c1-5-14-8(10)6(3-17)9(15-5)11-2-7-12-4-13-16-7/h3-4H,2H2,1H3,(H,11,14,15)(H,12,13,16). The van der Waals surface area contributed by atoms with Gasteiger partial charge in [0, 0.05) is 0 Å². The van der Waals surface area contributed by atoms with E-state index in [1.807, 2.05) is 0 Å². The third-order valence-corrected chi connectivity index (χ3v) is 2.31. The lowest BCUT2D eigenvalue weighted by atomic mass is 10.3. The monoisotopic (exact) mass is 252 g/mol. The minimum absolute atomic E-state index is 0.132. The van der Waals surface area contributed by atoms with Crippen LogP contribution in [-0.4, -0.2) is 31.4 Å². The SMILES string of the molecule is Cc1nc(Cl)c(C=O)c(NCc2ncn[nH]2)n1. The second-order valence-electron chi connectivity index (χ2n) is 3.23. The van der Waals surface area contributed by atoms with Crippen molar-refractivity contribution in [1.29, 1.82) is 0 Å². The van der Waals surface area contributed by atoms with Gasteiger partial charge in [0.1, 0.15) is 28.9 Å². The number of nitrogens with zero attached hydrogens (tertiary/aromatic N) is 4. The van der Waals surface area contributed by atoms with Crippen molar-refractivity contribution in [3.8, 4) is 0 Å². The molecule has 7 nitrogen and oxygen atoms in total. The first kappa shape index (κ1) is 11.5. The number of aromatic amines is 1. The lowest BCUT2D eigenvalue weighted by Gasteiger charge is -2.07. The predicted molar refractivity (Wildman–Crippen MR) is 60.9 cm³/mol. The maximum absolute atomic E-state index is 10.9. The number of anilines is 1. The molecule has 0 amide bonds. The molecule has 0 aliphatic heterocycles. The molecule has 2 heterocycles. The van der Waals surface area contributed by atoms with Crippen molar-refractivity contribution < 1.29 is 4.79 Å². The van der Waals surface area contributed by atoms with Gasteiger partial charge in [-0.3, -0.25) is 9.89 Å². The zero-order valence-electron chi connectivity index (χ0n) is 8.94. The van der Waals surface area contributed by atoms with E-state index in [1.54, 1.807) is 6.92 Å². The summed E-state index contributed by atoms with van der Waals surface area (Å²) >= 11 is 5.84. The van der Waals surface area contributed by atoms with Gasteiger partial charge < -0.3 is 5.32 Å². The number of carbonyl (C=O) groups excluding carboxylic acids is 1. The van der Waals surface area contributed by atoms with Crippen LogP contribution >= 0.6 is 11.6 Å². The Morgan fingerprint density at radius 3 is 3.00 bits per heavy atom. The zero-order chi connectivity index (χ0) is 12.3. The molecule has 0 aliphatic rings. The van der Waals surface area contributed by atoms with E-state index in [4.69, 9.17) is 11.6 Å². The van der Waals surface area contributed by atoms with Gasteiger partial charge in [-0.1, -0.05) is 11.6 Å². The quantitative estimate of drug-likeness (QED) is 0.622. The highest BCUT2D eigenvalue weighted by Gasteiger charge is 2.10. The number of aryl methyl sites for hydroxylation is 1. The molecule has 2 N–H and O–H groups in total. The number of hydrogen-bond acceptors (Lipinski definition) is 6. The number of nitrogens with one attached hydrogen (secondary N) is 2. The van der Waals surface area contributed by atoms with Crippen molar-refractivity contribution in [3.05, 3.63) is 28.7 Å². The van der Waals surface area contributed by atoms with E-state index in [0.717, 1.165) is 0 Å². The molecule has 0 spiro atoms. The van der Waals surface area contributed by atoms with Gasteiger partial charge in [-0.15, -0.1) is 0 Å². The Kier molecular flexibility index (Phi) is 3.29. The Morgan fingerprint density at radius 2 is 2.35 bits per heavy atom. The van der Waals surface area contributed by atoms with Crippen LogP contribution in [0.2, 0.25) is 5.15 Å². The zero-order valence-corrected chi connectivity index (χ0v) is 9.69. The average molecular weight is 253 g/mol. The molecule has 0 bridgehead atoms. The first-order chi connectivity index (χ1) is 8.20. The molecule has 17 heavy (non-hydrogen) atoms. The number of carbonyl (C=O) groups is 1. The molecule has 2 aromatic heterocycles. The second kappa shape index (κ2) is 4.88. The Hall–Kier alpha value is -2.02. The minimum atomic E-state index is 0.132. The van der Waals surface area contributed by atoms with E-state index in [0.29, 0.717) is 30.3 Å². The van der Waals surface area contributed by atoms with Gasteiger partial charge in [0.25, 0.3) is 0 Å². The Bertz CT molecular complexity index is 527.